The summed E-state index contributed by atoms with van der Waals surface area (Å²) < 4.78 is 2.27. The van der Waals surface area contributed by atoms with Gasteiger partial charge in [-0.3, -0.25) is 4.90 Å². The van der Waals surface area contributed by atoms with Crippen LogP contribution < -0.4 is 0 Å². The molecule has 0 atom stereocenters. The molecule has 3 heterocycles. The maximum absolute atomic E-state index is 3.93. The smallest absolute Gasteiger partial charge is 0.196 e. The number of tetrazole rings is 1. The second-order valence-corrected chi connectivity index (χ2v) is 3.85. The molecular weight excluding hydrogens is 192 g/mol. The van der Waals surface area contributed by atoms with Gasteiger partial charge in [0.2, 0.25) is 0 Å². The number of nitrogens with zero attached hydrogens (tertiary/aromatic N) is 5. The van der Waals surface area contributed by atoms with Crippen molar-refractivity contribution in [1.82, 2.24) is 30.1 Å². The number of fused-ring (bicyclic) bond motifs is 1. The molecule has 0 aromatic carbocycles. The molecule has 3 rings (SSSR count). The Balaban J connectivity index is 2.05. The van der Waals surface area contributed by atoms with Crippen LogP contribution in [0.1, 0.15) is 5.69 Å². The predicted molar refractivity (Wildman–Crippen MR) is 53.9 cm³/mol. The highest BCUT2D eigenvalue weighted by Crippen LogP contribution is 2.21. The normalized spacial score (nSPS) is 16.6. The lowest BCUT2D eigenvalue weighted by molar-refractivity contribution is 0.271. The van der Waals surface area contributed by atoms with E-state index in [1.54, 1.807) is 0 Å². The molecule has 15 heavy (non-hydrogen) atoms. The van der Waals surface area contributed by atoms with Crippen molar-refractivity contribution in [2.24, 2.45) is 0 Å². The first-order chi connectivity index (χ1) is 7.34. The van der Waals surface area contributed by atoms with Gasteiger partial charge in [-0.15, -0.1) is 5.10 Å². The second-order valence-electron chi connectivity index (χ2n) is 3.85. The maximum Gasteiger partial charge on any atom is 0.196 e. The summed E-state index contributed by atoms with van der Waals surface area (Å²) in [6.45, 7) is 3.05. The van der Waals surface area contributed by atoms with Crippen LogP contribution in [0, 0.1) is 0 Å². The lowest BCUT2D eigenvalue weighted by Gasteiger charge is -2.25. The molecule has 0 fully saturated rings. The van der Waals surface area contributed by atoms with Crippen molar-refractivity contribution >= 4 is 0 Å². The minimum absolute atomic E-state index is 0.741. The Kier molecular flexibility index (Phi) is 1.81. The molecule has 2 aromatic rings. The lowest BCUT2D eigenvalue weighted by atomic mass is 10.3. The largest absolute Gasteiger partial charge is 0.339 e. The average Bonchev–Trinajstić information content (AvgIpc) is 2.82. The zero-order chi connectivity index (χ0) is 10.3. The number of likely N-dealkylation sites (N-methyl/N-ethyl adjacent to an activating group) is 1. The third kappa shape index (κ3) is 1.33. The van der Waals surface area contributed by atoms with Crippen LogP contribution in [0.15, 0.2) is 12.1 Å². The molecule has 6 heteroatoms. The quantitative estimate of drug-likeness (QED) is 0.716. The van der Waals surface area contributed by atoms with Crippen molar-refractivity contribution < 1.29 is 0 Å². The Morgan fingerprint density at radius 3 is 3.07 bits per heavy atom. The summed E-state index contributed by atoms with van der Waals surface area (Å²) in [7, 11) is 2.13. The van der Waals surface area contributed by atoms with Gasteiger partial charge in [-0.2, -0.15) is 0 Å². The molecule has 0 spiro atoms. The third-order valence-electron chi connectivity index (χ3n) is 2.80. The molecule has 0 amide bonds. The van der Waals surface area contributed by atoms with Gasteiger partial charge in [-0.25, -0.2) is 5.10 Å². The van der Waals surface area contributed by atoms with Gasteiger partial charge in [0.15, 0.2) is 5.82 Å². The summed E-state index contributed by atoms with van der Waals surface area (Å²) in [6.07, 6.45) is 0. The van der Waals surface area contributed by atoms with Gasteiger partial charge in [0.05, 0.1) is 5.69 Å². The topological polar surface area (TPSA) is 62.6 Å². The first-order valence-corrected chi connectivity index (χ1v) is 4.95. The molecule has 0 unspecified atom stereocenters. The fourth-order valence-electron chi connectivity index (χ4n) is 2.01. The summed E-state index contributed by atoms with van der Waals surface area (Å²) in [6, 6.07) is 4.20. The molecule has 0 saturated heterocycles. The average molecular weight is 204 g/mol. The molecule has 0 aliphatic carbocycles. The van der Waals surface area contributed by atoms with Crippen LogP contribution in [0.4, 0.5) is 0 Å². The predicted octanol–water partition coefficient (Wildman–Crippen LogP) is 0.114. The van der Waals surface area contributed by atoms with E-state index in [0.717, 1.165) is 31.2 Å². The molecule has 0 radical (unpaired) electrons. The second kappa shape index (κ2) is 3.16. The minimum Gasteiger partial charge on any atom is -0.339 e. The summed E-state index contributed by atoms with van der Waals surface area (Å²) >= 11 is 0. The van der Waals surface area contributed by atoms with Crippen molar-refractivity contribution in [3.63, 3.8) is 0 Å². The molecule has 6 nitrogen and oxygen atoms in total. The van der Waals surface area contributed by atoms with Crippen molar-refractivity contribution in [3.8, 4) is 11.5 Å². The van der Waals surface area contributed by atoms with Gasteiger partial charge in [-0.1, -0.05) is 0 Å². The molecule has 78 valence electrons. The fourth-order valence-corrected chi connectivity index (χ4v) is 2.01. The van der Waals surface area contributed by atoms with E-state index in [-0.39, 0.29) is 0 Å². The minimum atomic E-state index is 0.741. The van der Waals surface area contributed by atoms with Crippen LogP contribution in [0.25, 0.3) is 11.5 Å². The monoisotopic (exact) mass is 204 g/mol. The standard InChI is InChI=1S/C9H12N6/c1-14-4-5-15-7(6-14)2-3-8(15)9-10-12-13-11-9/h2-3H,4-6H2,1H3,(H,10,11,12,13). The summed E-state index contributed by atoms with van der Waals surface area (Å²) in [5, 5.41) is 13.9. The first kappa shape index (κ1) is 8.60. The molecular formula is C9H12N6. The van der Waals surface area contributed by atoms with Crippen molar-refractivity contribution in [2.75, 3.05) is 13.6 Å². The van der Waals surface area contributed by atoms with E-state index < -0.39 is 0 Å². The Hall–Kier alpha value is -1.69. The van der Waals surface area contributed by atoms with Crippen LogP contribution in [0.5, 0.6) is 0 Å². The van der Waals surface area contributed by atoms with E-state index in [4.69, 9.17) is 0 Å². The highest BCUT2D eigenvalue weighted by atomic mass is 15.5. The van der Waals surface area contributed by atoms with Crippen LogP contribution >= 0.6 is 0 Å². The number of rotatable bonds is 1. The highest BCUT2D eigenvalue weighted by molar-refractivity contribution is 5.50. The number of nitrogens with one attached hydrogen (secondary N) is 1. The van der Waals surface area contributed by atoms with Crippen molar-refractivity contribution in [3.05, 3.63) is 17.8 Å². The van der Waals surface area contributed by atoms with E-state index >= 15 is 0 Å². The van der Waals surface area contributed by atoms with Gasteiger partial charge in [0.25, 0.3) is 0 Å². The van der Waals surface area contributed by atoms with Crippen LogP contribution in [-0.2, 0) is 13.1 Å². The Morgan fingerprint density at radius 2 is 2.27 bits per heavy atom. The third-order valence-corrected chi connectivity index (χ3v) is 2.80. The van der Waals surface area contributed by atoms with Gasteiger partial charge in [-0.05, 0) is 29.6 Å². The van der Waals surface area contributed by atoms with E-state index in [9.17, 15) is 0 Å². The Morgan fingerprint density at radius 1 is 1.33 bits per heavy atom. The zero-order valence-corrected chi connectivity index (χ0v) is 8.51. The molecule has 1 aliphatic heterocycles. The van der Waals surface area contributed by atoms with Crippen LogP contribution in [-0.4, -0.2) is 43.7 Å². The van der Waals surface area contributed by atoms with E-state index in [1.807, 2.05) is 0 Å². The number of hydrogen-bond donors (Lipinski definition) is 1. The molecule has 1 N–H and O–H groups in total. The summed E-state index contributed by atoms with van der Waals surface area (Å²) in [5.74, 6) is 0.741. The van der Waals surface area contributed by atoms with E-state index in [2.05, 4.69) is 49.3 Å². The zero-order valence-electron chi connectivity index (χ0n) is 8.51. The van der Waals surface area contributed by atoms with Crippen molar-refractivity contribution in [1.29, 1.82) is 0 Å². The number of aromatic nitrogens is 5. The molecule has 2 aromatic heterocycles. The molecule has 1 aliphatic rings. The number of hydrogen-bond acceptors (Lipinski definition) is 4. The summed E-state index contributed by atoms with van der Waals surface area (Å²) in [5.41, 5.74) is 2.39. The van der Waals surface area contributed by atoms with Gasteiger partial charge >= 0.3 is 0 Å². The SMILES string of the molecule is CN1CCn2c(ccc2-c2nnn[nH]2)C1. The molecule has 0 bridgehead atoms. The summed E-state index contributed by atoms with van der Waals surface area (Å²) in [4.78, 5) is 2.30. The van der Waals surface area contributed by atoms with Gasteiger partial charge in [0, 0.05) is 25.3 Å². The highest BCUT2D eigenvalue weighted by Gasteiger charge is 2.17. The van der Waals surface area contributed by atoms with Crippen LogP contribution in [0.3, 0.4) is 0 Å². The maximum atomic E-state index is 3.93. The van der Waals surface area contributed by atoms with Gasteiger partial charge in [0.1, 0.15) is 0 Å². The van der Waals surface area contributed by atoms with Crippen molar-refractivity contribution in [2.45, 2.75) is 13.1 Å². The fraction of sp³-hybridized carbons (Fsp3) is 0.444. The first-order valence-electron chi connectivity index (χ1n) is 4.95. The van der Waals surface area contributed by atoms with E-state index in [0.29, 0.717) is 0 Å². The number of H-pyrrole nitrogens is 1. The van der Waals surface area contributed by atoms with E-state index in [1.165, 1.54) is 5.69 Å². The van der Waals surface area contributed by atoms with Crippen LogP contribution in [0.2, 0.25) is 0 Å². The molecule has 0 saturated carbocycles. The lowest BCUT2D eigenvalue weighted by Crippen LogP contribution is -2.30. The van der Waals surface area contributed by atoms with Gasteiger partial charge < -0.3 is 4.57 Å². The number of aromatic amines is 1. The Labute approximate surface area is 86.9 Å². The Bertz CT molecular complexity index is 457.